The first-order valence-electron chi connectivity index (χ1n) is 15.4. The highest BCUT2D eigenvalue weighted by Gasteiger charge is 2.71. The minimum Gasteiger partial charge on any atom is -0.458 e. The maximum atomic E-state index is 12.5. The van der Waals surface area contributed by atoms with Gasteiger partial charge in [-0.15, -0.1) is 0 Å². The summed E-state index contributed by atoms with van der Waals surface area (Å²) in [5.41, 5.74) is 5.09. The quantitative estimate of drug-likeness (QED) is 0.118. The van der Waals surface area contributed by atoms with Crippen LogP contribution < -0.4 is 11.2 Å². The number of carbonyl (C=O) groups excluding carboxylic acids is 2. The summed E-state index contributed by atoms with van der Waals surface area (Å²) in [6.07, 6.45) is 5.06. The van der Waals surface area contributed by atoms with Gasteiger partial charge in [-0.2, -0.15) is 5.10 Å². The molecule has 6 rings (SSSR count). The standard InChI is InChI=1S/C30H45N3O9/c1-16-25(36)22(34)12-24(41-16)42-18-3-8-28(15-32-33-26(31)37)20-4-7-27(2)19(17-11-23(35)40-14-17)6-10-30(27,39)21(20)5-9-29(28,38)13-18/h11,15-16,18-22,24-25,34,36,38-39H,3-10,12-14H2,1-2H3,(H3,31,33,37)/b32-15-/t16-,18+,19-,20+,21+,22+,24+,25+,27+,28-,29-,30-/m0/s1. The molecule has 2 heterocycles. The Hall–Kier alpha value is -2.09. The molecule has 4 saturated carbocycles. The van der Waals surface area contributed by atoms with E-state index in [0.717, 1.165) is 18.4 Å². The molecule has 6 aliphatic rings. The van der Waals surface area contributed by atoms with Crippen LogP contribution in [0, 0.1) is 28.6 Å². The number of hydrogen-bond donors (Lipinski definition) is 6. The van der Waals surface area contributed by atoms with Crippen LogP contribution in [-0.4, -0.2) is 87.2 Å². The Morgan fingerprint density at radius 2 is 1.90 bits per heavy atom. The number of aliphatic hydroxyl groups excluding tert-OH is 2. The van der Waals surface area contributed by atoms with Crippen molar-refractivity contribution in [2.45, 2.75) is 120 Å². The number of aliphatic hydroxyl groups is 4. The fourth-order valence-electron chi connectivity index (χ4n) is 10.00. The Morgan fingerprint density at radius 3 is 2.60 bits per heavy atom. The van der Waals surface area contributed by atoms with Gasteiger partial charge in [-0.05, 0) is 81.6 Å². The van der Waals surface area contributed by atoms with Gasteiger partial charge in [0.2, 0.25) is 0 Å². The molecule has 42 heavy (non-hydrogen) atoms. The molecule has 0 aromatic carbocycles. The van der Waals surface area contributed by atoms with Crippen LogP contribution in [0.5, 0.6) is 0 Å². The van der Waals surface area contributed by atoms with E-state index < -0.39 is 52.7 Å². The minimum absolute atomic E-state index is 0.0488. The third-order valence-corrected chi connectivity index (χ3v) is 12.1. The molecule has 4 aliphatic carbocycles. The minimum atomic E-state index is -1.23. The molecule has 2 amide bonds. The number of fused-ring (bicyclic) bond motifs is 5. The van der Waals surface area contributed by atoms with Crippen molar-refractivity contribution in [3.05, 3.63) is 11.6 Å². The van der Waals surface area contributed by atoms with Gasteiger partial charge in [-0.3, -0.25) is 0 Å². The highest BCUT2D eigenvalue weighted by molar-refractivity contribution is 5.85. The number of hydrazone groups is 1. The monoisotopic (exact) mass is 591 g/mol. The van der Waals surface area contributed by atoms with Gasteiger partial charge in [0.15, 0.2) is 6.29 Å². The van der Waals surface area contributed by atoms with Crippen LogP contribution in [0.1, 0.15) is 78.1 Å². The van der Waals surface area contributed by atoms with E-state index in [2.05, 4.69) is 17.5 Å². The van der Waals surface area contributed by atoms with Crippen LogP contribution in [0.25, 0.3) is 0 Å². The molecule has 0 aromatic rings. The third kappa shape index (κ3) is 4.52. The Labute approximate surface area is 245 Å². The van der Waals surface area contributed by atoms with Gasteiger partial charge in [-0.1, -0.05) is 6.92 Å². The molecular formula is C30H45N3O9. The number of amides is 2. The van der Waals surface area contributed by atoms with E-state index in [1.54, 1.807) is 19.2 Å². The van der Waals surface area contributed by atoms with Crippen molar-refractivity contribution in [2.24, 2.45) is 39.4 Å². The average molecular weight is 592 g/mol. The first-order valence-corrected chi connectivity index (χ1v) is 15.4. The molecule has 12 nitrogen and oxygen atoms in total. The Morgan fingerprint density at radius 1 is 1.14 bits per heavy atom. The number of rotatable bonds is 5. The number of cyclic esters (lactones) is 1. The largest absolute Gasteiger partial charge is 0.458 e. The molecule has 7 N–H and O–H groups in total. The molecule has 0 unspecified atom stereocenters. The Balaban J connectivity index is 1.27. The number of primary amides is 1. The van der Waals surface area contributed by atoms with Crippen molar-refractivity contribution in [1.82, 2.24) is 5.43 Å². The van der Waals surface area contributed by atoms with Gasteiger partial charge in [0, 0.05) is 36.0 Å². The van der Waals surface area contributed by atoms with E-state index in [0.29, 0.717) is 44.9 Å². The number of hydrogen-bond acceptors (Lipinski definition) is 10. The number of urea groups is 1. The topological polar surface area (TPSA) is 193 Å². The van der Waals surface area contributed by atoms with Gasteiger partial charge in [0.05, 0.1) is 29.5 Å². The average Bonchev–Trinajstić information content (AvgIpc) is 3.46. The molecule has 12 atom stereocenters. The van der Waals surface area contributed by atoms with Crippen molar-refractivity contribution in [3.8, 4) is 0 Å². The smallest absolute Gasteiger partial charge is 0.332 e. The molecule has 2 aliphatic heterocycles. The fourth-order valence-corrected chi connectivity index (χ4v) is 10.00. The summed E-state index contributed by atoms with van der Waals surface area (Å²) in [7, 11) is 0. The van der Waals surface area contributed by atoms with Gasteiger partial charge in [0.25, 0.3) is 0 Å². The van der Waals surface area contributed by atoms with Gasteiger partial charge >= 0.3 is 12.0 Å². The van der Waals surface area contributed by atoms with Gasteiger partial charge in [0.1, 0.15) is 12.7 Å². The lowest BCUT2D eigenvalue weighted by Gasteiger charge is -2.66. The SMILES string of the molecule is C[C@@H]1O[C@H](O[C@@H]2CC[C@]3(/C=N\NC(N)=O)[C@@H]4CC[C@]5(C)[C@H](C6=CC(=O)OC6)CC[C@]5(O)[C@@H]4CC[C@]3(O)C2)C[C@@H](O)[C@@H]1O. The number of esters is 1. The second kappa shape index (κ2) is 10.5. The van der Waals surface area contributed by atoms with Crippen molar-refractivity contribution in [1.29, 1.82) is 0 Å². The number of nitrogens with two attached hydrogens (primary N) is 1. The Bertz CT molecular complexity index is 1150. The Kier molecular flexibility index (Phi) is 7.50. The van der Waals surface area contributed by atoms with Crippen molar-refractivity contribution < 1.29 is 44.2 Å². The molecular weight excluding hydrogens is 546 g/mol. The van der Waals surface area contributed by atoms with Crippen LogP contribution >= 0.6 is 0 Å². The van der Waals surface area contributed by atoms with Crippen molar-refractivity contribution in [3.63, 3.8) is 0 Å². The number of ether oxygens (including phenoxy) is 3. The summed E-state index contributed by atoms with van der Waals surface area (Å²) >= 11 is 0. The first kappa shape index (κ1) is 30.0. The van der Waals surface area contributed by atoms with Crippen LogP contribution in [0.4, 0.5) is 4.79 Å². The summed E-state index contributed by atoms with van der Waals surface area (Å²) in [5.74, 6) is -0.495. The lowest BCUT2D eigenvalue weighted by molar-refractivity contribution is -0.282. The lowest BCUT2D eigenvalue weighted by atomic mass is 9.41. The van der Waals surface area contributed by atoms with E-state index in [4.69, 9.17) is 19.9 Å². The summed E-state index contributed by atoms with van der Waals surface area (Å²) in [5, 5.41) is 49.5. The summed E-state index contributed by atoms with van der Waals surface area (Å²) in [6.45, 7) is 4.11. The predicted molar refractivity (Wildman–Crippen MR) is 149 cm³/mol. The zero-order valence-corrected chi connectivity index (χ0v) is 24.4. The fraction of sp³-hybridized carbons (Fsp3) is 0.833. The molecule has 12 heteroatoms. The van der Waals surface area contributed by atoms with Crippen LogP contribution in [0.2, 0.25) is 0 Å². The van der Waals surface area contributed by atoms with E-state index in [1.165, 1.54) is 0 Å². The second-order valence-electron chi connectivity index (χ2n) is 13.9. The molecule has 0 bridgehead atoms. The highest BCUT2D eigenvalue weighted by Crippen LogP contribution is 2.70. The van der Waals surface area contributed by atoms with Crippen LogP contribution in [-0.2, 0) is 19.0 Å². The molecule has 0 radical (unpaired) electrons. The lowest BCUT2D eigenvalue weighted by Crippen LogP contribution is -2.69. The van der Waals surface area contributed by atoms with Crippen LogP contribution in [0.15, 0.2) is 16.8 Å². The van der Waals surface area contributed by atoms with E-state index in [-0.39, 0.29) is 42.9 Å². The number of carbonyl (C=O) groups is 2. The summed E-state index contributed by atoms with van der Waals surface area (Å²) in [6, 6.07) is -0.796. The van der Waals surface area contributed by atoms with Crippen molar-refractivity contribution in [2.75, 3.05) is 6.61 Å². The molecule has 0 aromatic heterocycles. The normalized spacial score (nSPS) is 50.4. The van der Waals surface area contributed by atoms with E-state index in [1.807, 2.05) is 0 Å². The summed E-state index contributed by atoms with van der Waals surface area (Å²) < 4.78 is 17.3. The molecule has 5 fully saturated rings. The predicted octanol–water partition coefficient (Wildman–Crippen LogP) is 1.23. The maximum Gasteiger partial charge on any atom is 0.332 e. The van der Waals surface area contributed by atoms with E-state index in [9.17, 15) is 30.0 Å². The zero-order valence-electron chi connectivity index (χ0n) is 24.4. The third-order valence-electron chi connectivity index (χ3n) is 12.1. The number of nitrogens with zero attached hydrogens (tertiary/aromatic N) is 1. The van der Waals surface area contributed by atoms with E-state index >= 15 is 0 Å². The zero-order chi connectivity index (χ0) is 30.1. The second-order valence-corrected chi connectivity index (χ2v) is 13.9. The highest BCUT2D eigenvalue weighted by atomic mass is 16.7. The van der Waals surface area contributed by atoms with Gasteiger partial charge < -0.3 is 40.4 Å². The first-order chi connectivity index (χ1) is 19.8. The van der Waals surface area contributed by atoms with Gasteiger partial charge in [-0.25, -0.2) is 15.0 Å². The maximum absolute atomic E-state index is 12.5. The number of nitrogens with one attached hydrogen (secondary N) is 1. The van der Waals surface area contributed by atoms with Crippen LogP contribution in [0.3, 0.4) is 0 Å². The van der Waals surface area contributed by atoms with Crippen molar-refractivity contribution >= 4 is 18.2 Å². The molecule has 1 saturated heterocycles. The molecule has 0 spiro atoms. The molecule has 234 valence electrons. The summed E-state index contributed by atoms with van der Waals surface area (Å²) in [4.78, 5) is 23.4.